The minimum Gasteiger partial charge on any atom is -0.497 e. The van der Waals surface area contributed by atoms with Crippen molar-refractivity contribution in [3.05, 3.63) is 100 Å². The highest BCUT2D eigenvalue weighted by molar-refractivity contribution is 5.42. The number of hydrogen-bond donors (Lipinski definition) is 1. The van der Waals surface area contributed by atoms with Gasteiger partial charge in [0.2, 0.25) is 6.04 Å². The third kappa shape index (κ3) is 3.55. The van der Waals surface area contributed by atoms with E-state index in [0.717, 1.165) is 5.56 Å². The summed E-state index contributed by atoms with van der Waals surface area (Å²) in [6.07, 6.45) is 2.55. The molecule has 0 aliphatic heterocycles. The van der Waals surface area contributed by atoms with Gasteiger partial charge in [0, 0.05) is 23.8 Å². The molecule has 0 amide bonds. The van der Waals surface area contributed by atoms with E-state index in [9.17, 15) is 15.2 Å². The van der Waals surface area contributed by atoms with Crippen LogP contribution in [-0.2, 0) is 0 Å². The molecule has 2 aromatic carbocycles. The maximum absolute atomic E-state index is 11.4. The first-order valence-electron chi connectivity index (χ1n) is 8.13. The van der Waals surface area contributed by atoms with Crippen molar-refractivity contribution in [2.24, 2.45) is 0 Å². The summed E-state index contributed by atoms with van der Waals surface area (Å²) >= 11 is 0. The minimum absolute atomic E-state index is 0.102. The number of aliphatic hydroxyl groups excluding tert-OH is 1. The van der Waals surface area contributed by atoms with Crippen LogP contribution in [0.1, 0.15) is 23.3 Å². The van der Waals surface area contributed by atoms with Gasteiger partial charge in [-0.05, 0) is 30.3 Å². The SMILES string of the molecule is COc1ccc([C@@H]([C@H](O)c2ccccc2[N+](=O)[O-])[n+]2ccccc2)cc1. The van der Waals surface area contributed by atoms with Crippen molar-refractivity contribution >= 4 is 5.69 Å². The van der Waals surface area contributed by atoms with Crippen LogP contribution in [0.3, 0.4) is 0 Å². The van der Waals surface area contributed by atoms with E-state index in [-0.39, 0.29) is 11.3 Å². The van der Waals surface area contributed by atoms with Gasteiger partial charge in [-0.1, -0.05) is 18.2 Å². The fourth-order valence-corrected chi connectivity index (χ4v) is 2.99. The van der Waals surface area contributed by atoms with Crippen molar-refractivity contribution in [2.75, 3.05) is 7.11 Å². The number of nitro benzene ring substituents is 1. The molecule has 1 N–H and O–H groups in total. The molecule has 1 heterocycles. The van der Waals surface area contributed by atoms with E-state index in [4.69, 9.17) is 4.74 Å². The number of pyridine rings is 1. The molecule has 2 atom stereocenters. The third-order valence-electron chi connectivity index (χ3n) is 4.27. The molecule has 132 valence electrons. The number of aromatic nitrogens is 1. The van der Waals surface area contributed by atoms with E-state index < -0.39 is 17.1 Å². The van der Waals surface area contributed by atoms with Gasteiger partial charge >= 0.3 is 0 Å². The smallest absolute Gasteiger partial charge is 0.275 e. The van der Waals surface area contributed by atoms with Crippen LogP contribution in [0.5, 0.6) is 5.75 Å². The summed E-state index contributed by atoms with van der Waals surface area (Å²) in [6, 6.07) is 18.6. The first kappa shape index (κ1) is 17.6. The number of benzene rings is 2. The average molecular weight is 351 g/mol. The zero-order valence-electron chi connectivity index (χ0n) is 14.2. The second-order valence-corrected chi connectivity index (χ2v) is 5.80. The van der Waals surface area contributed by atoms with E-state index in [0.29, 0.717) is 5.75 Å². The summed E-state index contributed by atoms with van der Waals surface area (Å²) in [5.74, 6) is 0.700. The number of aliphatic hydroxyl groups is 1. The lowest BCUT2D eigenvalue weighted by molar-refractivity contribution is -0.722. The highest BCUT2D eigenvalue weighted by Gasteiger charge is 2.34. The van der Waals surface area contributed by atoms with E-state index in [1.165, 1.54) is 6.07 Å². The summed E-state index contributed by atoms with van der Waals surface area (Å²) < 4.78 is 7.03. The van der Waals surface area contributed by atoms with E-state index in [1.54, 1.807) is 37.4 Å². The van der Waals surface area contributed by atoms with Gasteiger partial charge in [0.05, 0.1) is 17.6 Å². The van der Waals surface area contributed by atoms with Crippen molar-refractivity contribution in [2.45, 2.75) is 12.1 Å². The van der Waals surface area contributed by atoms with E-state index >= 15 is 0 Å². The molecule has 3 rings (SSSR count). The van der Waals surface area contributed by atoms with Crippen molar-refractivity contribution in [1.82, 2.24) is 0 Å². The largest absolute Gasteiger partial charge is 0.497 e. The molecule has 6 nitrogen and oxygen atoms in total. The fourth-order valence-electron chi connectivity index (χ4n) is 2.99. The standard InChI is InChI=1S/C20H19N2O4/c1-26-16-11-9-15(10-12-16)19(21-13-5-2-6-14-21)20(23)17-7-3-4-8-18(17)22(24)25/h2-14,19-20,23H,1H3/q+1/t19-,20+/m0/s1. The summed E-state index contributed by atoms with van der Waals surface area (Å²) in [4.78, 5) is 10.9. The molecule has 0 bridgehead atoms. The molecule has 1 aromatic heterocycles. The van der Waals surface area contributed by atoms with Crippen LogP contribution in [0.4, 0.5) is 5.69 Å². The molecule has 0 saturated carbocycles. The zero-order chi connectivity index (χ0) is 18.5. The van der Waals surface area contributed by atoms with Crippen LogP contribution >= 0.6 is 0 Å². The summed E-state index contributed by atoms with van der Waals surface area (Å²) in [5, 5.41) is 22.5. The van der Waals surface area contributed by atoms with Crippen LogP contribution in [0.2, 0.25) is 0 Å². The molecular weight excluding hydrogens is 332 g/mol. The summed E-state index contributed by atoms with van der Waals surface area (Å²) in [5.41, 5.74) is 0.984. The molecule has 0 unspecified atom stereocenters. The maximum Gasteiger partial charge on any atom is 0.275 e. The zero-order valence-corrected chi connectivity index (χ0v) is 14.2. The quantitative estimate of drug-likeness (QED) is 0.420. The topological polar surface area (TPSA) is 76.5 Å². The molecule has 0 spiro atoms. The van der Waals surface area contributed by atoms with Crippen molar-refractivity contribution in [1.29, 1.82) is 0 Å². The molecule has 26 heavy (non-hydrogen) atoms. The highest BCUT2D eigenvalue weighted by Crippen LogP contribution is 2.34. The van der Waals surface area contributed by atoms with E-state index in [1.807, 2.05) is 47.3 Å². The van der Waals surface area contributed by atoms with Gasteiger partial charge in [-0.25, -0.2) is 0 Å². The van der Waals surface area contributed by atoms with Crippen LogP contribution in [0, 0.1) is 10.1 Å². The van der Waals surface area contributed by atoms with Crippen molar-refractivity contribution < 1.29 is 19.3 Å². The number of nitro groups is 1. The Morgan fingerprint density at radius 1 is 1.00 bits per heavy atom. The van der Waals surface area contributed by atoms with Crippen molar-refractivity contribution in [3.63, 3.8) is 0 Å². The molecule has 0 saturated heterocycles. The number of hydrogen-bond acceptors (Lipinski definition) is 4. The Balaban J connectivity index is 2.10. The fraction of sp³-hybridized carbons (Fsp3) is 0.150. The Labute approximate surface area is 151 Å². The molecule has 6 heteroatoms. The Bertz CT molecular complexity index is 882. The van der Waals surface area contributed by atoms with Gasteiger partial charge in [0.15, 0.2) is 18.5 Å². The summed E-state index contributed by atoms with van der Waals surface area (Å²) in [7, 11) is 1.58. The van der Waals surface area contributed by atoms with E-state index in [2.05, 4.69) is 0 Å². The number of methoxy groups -OCH3 is 1. The molecule has 0 aliphatic carbocycles. The first-order chi connectivity index (χ1) is 12.6. The van der Waals surface area contributed by atoms with Gasteiger partial charge < -0.3 is 9.84 Å². The van der Waals surface area contributed by atoms with Gasteiger partial charge in [-0.3, -0.25) is 10.1 Å². The lowest BCUT2D eigenvalue weighted by atomic mass is 9.94. The Kier molecular flexibility index (Phi) is 5.24. The van der Waals surface area contributed by atoms with Crippen LogP contribution in [0.15, 0.2) is 79.1 Å². The lowest BCUT2D eigenvalue weighted by Gasteiger charge is -2.19. The van der Waals surface area contributed by atoms with Crippen molar-refractivity contribution in [3.8, 4) is 5.75 Å². The van der Waals surface area contributed by atoms with Crippen LogP contribution in [0.25, 0.3) is 0 Å². The highest BCUT2D eigenvalue weighted by atomic mass is 16.6. The Hall–Kier alpha value is -3.25. The van der Waals surface area contributed by atoms with Gasteiger partial charge in [0.25, 0.3) is 5.69 Å². The molecule has 3 aromatic rings. The van der Waals surface area contributed by atoms with Gasteiger partial charge in [-0.15, -0.1) is 0 Å². The second-order valence-electron chi connectivity index (χ2n) is 5.80. The predicted molar refractivity (Wildman–Crippen MR) is 95.8 cm³/mol. The van der Waals surface area contributed by atoms with Gasteiger partial charge in [-0.2, -0.15) is 4.57 Å². The average Bonchev–Trinajstić information content (AvgIpc) is 2.69. The monoisotopic (exact) mass is 351 g/mol. The van der Waals surface area contributed by atoms with Crippen LogP contribution in [-0.4, -0.2) is 17.1 Å². The number of ether oxygens (including phenoxy) is 1. The molecule has 0 aliphatic rings. The normalized spacial score (nSPS) is 13.0. The predicted octanol–water partition coefficient (Wildman–Crippen LogP) is 3.21. The number of nitrogens with zero attached hydrogens (tertiary/aromatic N) is 2. The lowest BCUT2D eigenvalue weighted by Crippen LogP contribution is -2.42. The van der Waals surface area contributed by atoms with Crippen LogP contribution < -0.4 is 9.30 Å². The summed E-state index contributed by atoms with van der Waals surface area (Å²) in [6.45, 7) is 0. The Morgan fingerprint density at radius 2 is 1.65 bits per heavy atom. The number of para-hydroxylation sites is 1. The second kappa shape index (κ2) is 7.76. The molecule has 0 radical (unpaired) electrons. The molecular formula is C20H19N2O4+. The minimum atomic E-state index is -1.10. The maximum atomic E-state index is 11.4. The third-order valence-corrected chi connectivity index (χ3v) is 4.27. The number of rotatable bonds is 6. The molecule has 0 fully saturated rings. The first-order valence-corrected chi connectivity index (χ1v) is 8.13. The Morgan fingerprint density at radius 3 is 2.27 bits per heavy atom. The van der Waals surface area contributed by atoms with Gasteiger partial charge in [0.1, 0.15) is 5.75 Å².